The first kappa shape index (κ1) is 22.8. The highest BCUT2D eigenvalue weighted by Crippen LogP contribution is 2.22. The van der Waals surface area contributed by atoms with Gasteiger partial charge in [-0.2, -0.15) is 5.10 Å². The molecule has 1 N–H and O–H groups in total. The van der Waals surface area contributed by atoms with Crippen LogP contribution in [0.15, 0.2) is 30.6 Å². The van der Waals surface area contributed by atoms with Crippen molar-refractivity contribution in [2.45, 2.75) is 46.2 Å². The molecule has 8 nitrogen and oxygen atoms in total. The molecular formula is C23H26F2N6O2. The molecule has 2 atom stereocenters. The Bertz CT molecular complexity index is 1190. The van der Waals surface area contributed by atoms with Gasteiger partial charge >= 0.3 is 0 Å². The van der Waals surface area contributed by atoms with Crippen LogP contribution in [0.5, 0.6) is 0 Å². The Kier molecular flexibility index (Phi) is 6.35. The van der Waals surface area contributed by atoms with E-state index in [9.17, 15) is 18.4 Å². The Hall–Kier alpha value is -3.43. The van der Waals surface area contributed by atoms with Crippen LogP contribution in [-0.4, -0.2) is 62.0 Å². The first-order valence-electron chi connectivity index (χ1n) is 10.9. The van der Waals surface area contributed by atoms with Crippen molar-refractivity contribution in [2.24, 2.45) is 5.92 Å². The van der Waals surface area contributed by atoms with Crippen molar-refractivity contribution in [3.05, 3.63) is 53.1 Å². The standard InChI is InChI=1S/C23H26F2N6O2/c1-13-8-16(10-18-21(13)27-6-5-26-18)23(33)30-7-4-17(14(2)11-30)28-22(32)19-9-15(3)29-31(19)12-20(24)25/h5-6,8-10,14,17,20H,4,7,11-12H2,1-3H3,(H,28,32)/t14-,17+/m0/s1. The topological polar surface area (TPSA) is 93.0 Å². The number of piperidine rings is 1. The van der Waals surface area contributed by atoms with E-state index in [1.54, 1.807) is 30.3 Å². The van der Waals surface area contributed by atoms with Crippen molar-refractivity contribution in [3.63, 3.8) is 0 Å². The van der Waals surface area contributed by atoms with Crippen LogP contribution in [0.25, 0.3) is 11.0 Å². The van der Waals surface area contributed by atoms with E-state index in [2.05, 4.69) is 20.4 Å². The van der Waals surface area contributed by atoms with Crippen molar-refractivity contribution in [2.75, 3.05) is 13.1 Å². The minimum Gasteiger partial charge on any atom is -0.348 e. The summed E-state index contributed by atoms with van der Waals surface area (Å²) in [5.74, 6) is -0.537. The van der Waals surface area contributed by atoms with Crippen molar-refractivity contribution >= 4 is 22.8 Å². The summed E-state index contributed by atoms with van der Waals surface area (Å²) < 4.78 is 26.7. The van der Waals surface area contributed by atoms with E-state index in [4.69, 9.17) is 0 Å². The lowest BCUT2D eigenvalue weighted by Crippen LogP contribution is -2.51. The lowest BCUT2D eigenvalue weighted by molar-refractivity contribution is 0.0631. The minimum absolute atomic E-state index is 0.0134. The number of hydrogen-bond donors (Lipinski definition) is 1. The maximum Gasteiger partial charge on any atom is 0.269 e. The molecule has 1 fully saturated rings. The molecule has 4 rings (SSSR count). The van der Waals surface area contributed by atoms with E-state index in [0.29, 0.717) is 36.3 Å². The first-order valence-corrected chi connectivity index (χ1v) is 10.9. The summed E-state index contributed by atoms with van der Waals surface area (Å²) in [7, 11) is 0. The fourth-order valence-electron chi connectivity index (χ4n) is 4.34. The smallest absolute Gasteiger partial charge is 0.269 e. The number of likely N-dealkylation sites (tertiary alicyclic amines) is 1. The molecule has 0 radical (unpaired) electrons. The average molecular weight is 456 g/mol. The number of nitrogens with zero attached hydrogens (tertiary/aromatic N) is 5. The Labute approximate surface area is 190 Å². The van der Waals surface area contributed by atoms with Crippen LogP contribution in [0.1, 0.15) is 45.4 Å². The van der Waals surface area contributed by atoms with Crippen LogP contribution in [0.2, 0.25) is 0 Å². The third kappa shape index (κ3) is 4.84. The van der Waals surface area contributed by atoms with E-state index in [1.165, 1.54) is 6.07 Å². The van der Waals surface area contributed by atoms with Gasteiger partial charge in [0.25, 0.3) is 18.2 Å². The van der Waals surface area contributed by atoms with Gasteiger partial charge in [-0.3, -0.25) is 24.2 Å². The predicted molar refractivity (Wildman–Crippen MR) is 118 cm³/mol. The zero-order valence-corrected chi connectivity index (χ0v) is 18.8. The molecule has 2 amide bonds. The van der Waals surface area contributed by atoms with Gasteiger partial charge in [-0.25, -0.2) is 8.78 Å². The predicted octanol–water partition coefficient (Wildman–Crippen LogP) is 2.99. The molecule has 2 aromatic heterocycles. The maximum absolute atomic E-state index is 13.1. The molecule has 0 unspecified atom stereocenters. The number of benzene rings is 1. The van der Waals surface area contributed by atoms with E-state index >= 15 is 0 Å². The van der Waals surface area contributed by atoms with E-state index in [0.717, 1.165) is 15.8 Å². The molecule has 1 aliphatic rings. The van der Waals surface area contributed by atoms with Crippen LogP contribution in [-0.2, 0) is 6.54 Å². The van der Waals surface area contributed by atoms with Crippen molar-refractivity contribution in [3.8, 4) is 0 Å². The first-order chi connectivity index (χ1) is 15.7. The second-order valence-corrected chi connectivity index (χ2v) is 8.56. The highest BCUT2D eigenvalue weighted by atomic mass is 19.3. The molecule has 0 saturated carbocycles. The fourth-order valence-corrected chi connectivity index (χ4v) is 4.34. The lowest BCUT2D eigenvalue weighted by atomic mass is 9.93. The van der Waals surface area contributed by atoms with Crippen molar-refractivity contribution < 1.29 is 18.4 Å². The summed E-state index contributed by atoms with van der Waals surface area (Å²) in [5.41, 5.74) is 3.50. The molecule has 1 saturated heterocycles. The van der Waals surface area contributed by atoms with Gasteiger partial charge in [0.05, 0.1) is 16.7 Å². The van der Waals surface area contributed by atoms with Gasteiger partial charge in [0.2, 0.25) is 0 Å². The number of carbonyl (C=O) groups is 2. The lowest BCUT2D eigenvalue weighted by Gasteiger charge is -2.37. The Balaban J connectivity index is 1.43. The zero-order chi connectivity index (χ0) is 23.7. The highest BCUT2D eigenvalue weighted by Gasteiger charge is 2.31. The SMILES string of the molecule is Cc1cc(C(=O)N[C@@H]2CCN(C(=O)c3cc(C)c4nccnc4c3)C[C@@H]2C)n(CC(F)F)n1. The summed E-state index contributed by atoms with van der Waals surface area (Å²) in [5, 5.41) is 6.94. The second kappa shape index (κ2) is 9.21. The summed E-state index contributed by atoms with van der Waals surface area (Å²) in [6.07, 6.45) is 1.18. The average Bonchev–Trinajstić information content (AvgIpc) is 3.14. The number of fused-ring (bicyclic) bond motifs is 1. The van der Waals surface area contributed by atoms with Gasteiger partial charge in [0.1, 0.15) is 12.2 Å². The van der Waals surface area contributed by atoms with Crippen molar-refractivity contribution in [1.29, 1.82) is 0 Å². The molecule has 0 bridgehead atoms. The molecule has 0 aliphatic carbocycles. The van der Waals surface area contributed by atoms with Gasteiger partial charge in [0.15, 0.2) is 0 Å². The number of halogens is 2. The third-order valence-electron chi connectivity index (χ3n) is 5.97. The summed E-state index contributed by atoms with van der Waals surface area (Å²) in [4.78, 5) is 36.3. The number of amides is 2. The van der Waals surface area contributed by atoms with Crippen LogP contribution in [0.3, 0.4) is 0 Å². The van der Waals surface area contributed by atoms with Crippen LogP contribution < -0.4 is 5.32 Å². The third-order valence-corrected chi connectivity index (χ3v) is 5.97. The van der Waals surface area contributed by atoms with E-state index in [-0.39, 0.29) is 23.6 Å². The Morgan fingerprint density at radius 2 is 1.94 bits per heavy atom. The molecule has 10 heteroatoms. The largest absolute Gasteiger partial charge is 0.348 e. The number of carbonyl (C=O) groups excluding carboxylic acids is 2. The van der Waals surface area contributed by atoms with Gasteiger partial charge in [-0.15, -0.1) is 0 Å². The Morgan fingerprint density at radius 3 is 2.67 bits per heavy atom. The highest BCUT2D eigenvalue weighted by molar-refractivity contribution is 5.98. The molecule has 174 valence electrons. The minimum atomic E-state index is -2.60. The number of alkyl halides is 2. The molecule has 0 spiro atoms. The number of rotatable bonds is 5. The van der Waals surface area contributed by atoms with Gasteiger partial charge in [-0.05, 0) is 49.9 Å². The monoisotopic (exact) mass is 456 g/mol. The number of aryl methyl sites for hydroxylation is 2. The zero-order valence-electron chi connectivity index (χ0n) is 18.8. The maximum atomic E-state index is 13.1. The van der Waals surface area contributed by atoms with Crippen molar-refractivity contribution in [1.82, 2.24) is 30.0 Å². The van der Waals surface area contributed by atoms with Crippen LogP contribution >= 0.6 is 0 Å². The number of nitrogens with one attached hydrogen (secondary N) is 1. The molecule has 1 aromatic carbocycles. The Morgan fingerprint density at radius 1 is 1.18 bits per heavy atom. The normalized spacial score (nSPS) is 18.7. The quantitative estimate of drug-likeness (QED) is 0.637. The van der Waals surface area contributed by atoms with Gasteiger partial charge in [0, 0.05) is 37.1 Å². The number of aromatic nitrogens is 4. The summed E-state index contributed by atoms with van der Waals surface area (Å²) in [6.45, 7) is 5.83. The fraction of sp³-hybridized carbons (Fsp3) is 0.435. The van der Waals surface area contributed by atoms with Gasteiger partial charge in [-0.1, -0.05) is 6.92 Å². The van der Waals surface area contributed by atoms with Crippen LogP contribution in [0, 0.1) is 19.8 Å². The molecule has 33 heavy (non-hydrogen) atoms. The molecule has 1 aliphatic heterocycles. The van der Waals surface area contributed by atoms with E-state index in [1.807, 2.05) is 19.9 Å². The molecular weight excluding hydrogens is 430 g/mol. The number of hydrogen-bond acceptors (Lipinski definition) is 5. The second-order valence-electron chi connectivity index (χ2n) is 8.56. The van der Waals surface area contributed by atoms with Gasteiger partial charge < -0.3 is 10.2 Å². The molecule has 3 aromatic rings. The molecule has 3 heterocycles. The summed E-state index contributed by atoms with van der Waals surface area (Å²) in [6, 6.07) is 4.90. The summed E-state index contributed by atoms with van der Waals surface area (Å²) >= 11 is 0. The van der Waals surface area contributed by atoms with Crippen LogP contribution in [0.4, 0.5) is 8.78 Å². The van der Waals surface area contributed by atoms with E-state index < -0.39 is 18.9 Å².